The molecule has 11 rings (SSSR count). The van der Waals surface area contributed by atoms with Crippen LogP contribution in [0.25, 0.3) is 109 Å². The van der Waals surface area contributed by atoms with Gasteiger partial charge in [-0.15, -0.1) is 0 Å². The van der Waals surface area contributed by atoms with Crippen molar-refractivity contribution in [2.24, 2.45) is 0 Å². The quantitative estimate of drug-likeness (QED) is 0.138. The van der Waals surface area contributed by atoms with Crippen LogP contribution in [0, 0.1) is 0 Å². The molecule has 1 heterocycles. The molecule has 0 saturated heterocycles. The van der Waals surface area contributed by atoms with E-state index in [1.165, 1.54) is 86.7 Å². The molecule has 226 valence electrons. The summed E-state index contributed by atoms with van der Waals surface area (Å²) < 4.78 is 6.57. The molecule has 1 aromatic heterocycles. The Morgan fingerprint density at radius 1 is 0.265 bits per heavy atom. The van der Waals surface area contributed by atoms with Gasteiger partial charge >= 0.3 is 0 Å². The molecule has 11 aromatic rings. The molecule has 0 radical (unpaired) electrons. The summed E-state index contributed by atoms with van der Waals surface area (Å²) in [7, 11) is 0. The highest BCUT2D eigenvalue weighted by Gasteiger charge is 2.21. The smallest absolute Gasteiger partial charge is 0.136 e. The summed E-state index contributed by atoms with van der Waals surface area (Å²) in [5.74, 6) is 0. The van der Waals surface area contributed by atoms with Gasteiger partial charge in [-0.25, -0.2) is 0 Å². The van der Waals surface area contributed by atoms with Crippen LogP contribution in [-0.4, -0.2) is 0 Å². The van der Waals surface area contributed by atoms with Crippen molar-refractivity contribution in [2.75, 3.05) is 0 Å². The van der Waals surface area contributed by atoms with Crippen molar-refractivity contribution >= 4 is 86.6 Å². The van der Waals surface area contributed by atoms with Gasteiger partial charge in [0.25, 0.3) is 0 Å². The highest BCUT2D eigenvalue weighted by Crippen LogP contribution is 2.49. The van der Waals surface area contributed by atoms with Crippen LogP contribution in [0.15, 0.2) is 174 Å². The van der Waals surface area contributed by atoms with E-state index in [2.05, 4.69) is 170 Å². The van der Waals surface area contributed by atoms with E-state index in [4.69, 9.17) is 4.42 Å². The maximum Gasteiger partial charge on any atom is 0.136 e. The largest absolute Gasteiger partial charge is 0.456 e. The van der Waals surface area contributed by atoms with Crippen molar-refractivity contribution in [3.63, 3.8) is 0 Å². The van der Waals surface area contributed by atoms with Crippen molar-refractivity contribution in [1.29, 1.82) is 0 Å². The standard InChI is InChI=1S/C48H28O/c1-4-14-33-29(11-1)21-24-40-42(33)27-31-13-3-6-16-35(31)47(40)48-38-19-9-7-17-36(38)45(37-18-8-10-20-39(37)48)32-22-25-41-44(28-32)49-43-26-23-30-12-2-5-15-34(30)46(41)43/h1-28H. The second-order valence-corrected chi connectivity index (χ2v) is 13.2. The molecule has 0 fully saturated rings. The number of fused-ring (bicyclic) bond motifs is 11. The normalized spacial score (nSPS) is 12.1. The monoisotopic (exact) mass is 620 g/mol. The average Bonchev–Trinajstić information content (AvgIpc) is 3.55. The zero-order valence-electron chi connectivity index (χ0n) is 26.6. The number of hydrogen-bond acceptors (Lipinski definition) is 1. The average molecular weight is 621 g/mol. The lowest BCUT2D eigenvalue weighted by Gasteiger charge is -2.20. The van der Waals surface area contributed by atoms with Gasteiger partial charge in [0.05, 0.1) is 0 Å². The zero-order chi connectivity index (χ0) is 32.1. The van der Waals surface area contributed by atoms with E-state index in [1.807, 2.05) is 0 Å². The lowest BCUT2D eigenvalue weighted by Crippen LogP contribution is -1.93. The summed E-state index contributed by atoms with van der Waals surface area (Å²) in [4.78, 5) is 0. The minimum Gasteiger partial charge on any atom is -0.456 e. The van der Waals surface area contributed by atoms with Gasteiger partial charge in [0.15, 0.2) is 0 Å². The van der Waals surface area contributed by atoms with E-state index in [1.54, 1.807) is 0 Å². The topological polar surface area (TPSA) is 13.1 Å². The van der Waals surface area contributed by atoms with Crippen LogP contribution in [-0.2, 0) is 0 Å². The molecular weight excluding hydrogens is 593 g/mol. The Bertz CT molecular complexity index is 3100. The van der Waals surface area contributed by atoms with Gasteiger partial charge in [-0.3, -0.25) is 0 Å². The van der Waals surface area contributed by atoms with E-state index in [0.29, 0.717) is 0 Å². The Labute approximate surface area is 282 Å². The molecule has 0 aliphatic heterocycles. The van der Waals surface area contributed by atoms with Crippen LogP contribution < -0.4 is 0 Å². The number of hydrogen-bond donors (Lipinski definition) is 0. The van der Waals surface area contributed by atoms with Crippen molar-refractivity contribution in [3.8, 4) is 22.3 Å². The molecular formula is C48H28O. The number of rotatable bonds is 2. The van der Waals surface area contributed by atoms with Gasteiger partial charge in [-0.1, -0.05) is 146 Å². The van der Waals surface area contributed by atoms with Gasteiger partial charge in [-0.2, -0.15) is 0 Å². The second-order valence-electron chi connectivity index (χ2n) is 13.2. The maximum absolute atomic E-state index is 6.57. The summed E-state index contributed by atoms with van der Waals surface area (Å²) in [6, 6.07) is 62.1. The van der Waals surface area contributed by atoms with Crippen LogP contribution in [0.4, 0.5) is 0 Å². The summed E-state index contributed by atoms with van der Waals surface area (Å²) in [5.41, 5.74) is 6.79. The fourth-order valence-corrected chi connectivity index (χ4v) is 8.50. The fraction of sp³-hybridized carbons (Fsp3) is 0. The third kappa shape index (κ3) is 3.76. The number of furan rings is 1. The van der Waals surface area contributed by atoms with Crippen molar-refractivity contribution in [2.45, 2.75) is 0 Å². The molecule has 0 spiro atoms. The minimum atomic E-state index is 0.910. The van der Waals surface area contributed by atoms with Crippen LogP contribution >= 0.6 is 0 Å². The zero-order valence-corrected chi connectivity index (χ0v) is 26.6. The Morgan fingerprint density at radius 3 is 1.47 bits per heavy atom. The predicted molar refractivity (Wildman–Crippen MR) is 210 cm³/mol. The summed E-state index contributed by atoms with van der Waals surface area (Å²) in [5, 5.41) is 17.4. The van der Waals surface area contributed by atoms with Crippen molar-refractivity contribution in [3.05, 3.63) is 170 Å². The number of benzene rings is 10. The third-order valence-corrected chi connectivity index (χ3v) is 10.6. The van der Waals surface area contributed by atoms with Crippen LogP contribution in [0.2, 0.25) is 0 Å². The van der Waals surface area contributed by atoms with Crippen LogP contribution in [0.1, 0.15) is 0 Å². The molecule has 0 saturated carbocycles. The molecule has 49 heavy (non-hydrogen) atoms. The van der Waals surface area contributed by atoms with Crippen LogP contribution in [0.3, 0.4) is 0 Å². The predicted octanol–water partition coefficient (Wildman–Crippen LogP) is 13.8. The molecule has 0 atom stereocenters. The first kappa shape index (κ1) is 26.6. The first-order valence-corrected chi connectivity index (χ1v) is 16.9. The van der Waals surface area contributed by atoms with Gasteiger partial charge < -0.3 is 4.42 Å². The Hall–Kier alpha value is -6.44. The molecule has 0 amide bonds. The Balaban J connectivity index is 1.27. The molecule has 0 aliphatic carbocycles. The lowest BCUT2D eigenvalue weighted by atomic mass is 9.82. The van der Waals surface area contributed by atoms with E-state index in [0.717, 1.165) is 22.1 Å². The van der Waals surface area contributed by atoms with Crippen molar-refractivity contribution < 1.29 is 4.42 Å². The van der Waals surface area contributed by atoms with E-state index < -0.39 is 0 Å². The van der Waals surface area contributed by atoms with E-state index in [-0.39, 0.29) is 0 Å². The molecule has 0 N–H and O–H groups in total. The summed E-state index contributed by atoms with van der Waals surface area (Å²) in [6.07, 6.45) is 0. The van der Waals surface area contributed by atoms with Gasteiger partial charge in [0.2, 0.25) is 0 Å². The Morgan fingerprint density at radius 2 is 0.755 bits per heavy atom. The highest BCUT2D eigenvalue weighted by molar-refractivity contribution is 6.29. The van der Waals surface area contributed by atoms with Crippen molar-refractivity contribution in [1.82, 2.24) is 0 Å². The SMILES string of the molecule is c1ccc2c(-c3c4ccccc4c(-c4ccc5c(c4)oc4ccc6ccccc6c45)c4ccccc34)c3ccc4ccccc4c3cc2c1. The second kappa shape index (κ2) is 10.0. The maximum atomic E-state index is 6.57. The van der Waals surface area contributed by atoms with Gasteiger partial charge in [0, 0.05) is 10.8 Å². The molecule has 1 heteroatoms. The summed E-state index contributed by atoms with van der Waals surface area (Å²) >= 11 is 0. The van der Waals surface area contributed by atoms with E-state index in [9.17, 15) is 0 Å². The van der Waals surface area contributed by atoms with Crippen LogP contribution in [0.5, 0.6) is 0 Å². The molecule has 0 bridgehead atoms. The lowest BCUT2D eigenvalue weighted by molar-refractivity contribution is 0.669. The molecule has 0 aliphatic rings. The van der Waals surface area contributed by atoms with Gasteiger partial charge in [0.1, 0.15) is 11.2 Å². The first-order chi connectivity index (χ1) is 24.3. The minimum absolute atomic E-state index is 0.910. The Kier molecular flexibility index (Phi) is 5.45. The molecule has 1 nitrogen and oxygen atoms in total. The highest BCUT2D eigenvalue weighted by atomic mass is 16.3. The molecule has 10 aromatic carbocycles. The molecule has 0 unspecified atom stereocenters. The fourth-order valence-electron chi connectivity index (χ4n) is 8.50. The van der Waals surface area contributed by atoms with Gasteiger partial charge in [-0.05, 0) is 111 Å². The third-order valence-electron chi connectivity index (χ3n) is 10.6. The van der Waals surface area contributed by atoms with E-state index >= 15 is 0 Å². The first-order valence-electron chi connectivity index (χ1n) is 16.9. The summed E-state index contributed by atoms with van der Waals surface area (Å²) in [6.45, 7) is 0.